The van der Waals surface area contributed by atoms with Crippen LogP contribution >= 0.6 is 0 Å². The lowest BCUT2D eigenvalue weighted by atomic mass is 10.1. The maximum Gasteiger partial charge on any atom is 0.203 e. The smallest absolute Gasteiger partial charge is 0.203 e. The van der Waals surface area contributed by atoms with E-state index in [9.17, 15) is 0 Å². The lowest BCUT2D eigenvalue weighted by molar-refractivity contribution is 0.322. The van der Waals surface area contributed by atoms with Crippen LogP contribution in [0.3, 0.4) is 0 Å². The molecule has 6 nitrogen and oxygen atoms in total. The summed E-state index contributed by atoms with van der Waals surface area (Å²) >= 11 is 0. The Hall–Kier alpha value is -2.89. The molecule has 0 aromatic heterocycles. The zero-order chi connectivity index (χ0) is 19.2. The van der Waals surface area contributed by atoms with Crippen molar-refractivity contribution >= 4 is 11.6 Å². The largest absolute Gasteiger partial charge is 0.493 e. The minimum absolute atomic E-state index is 0.477. The van der Waals surface area contributed by atoms with Crippen LogP contribution in [0.5, 0.6) is 17.2 Å². The van der Waals surface area contributed by atoms with Gasteiger partial charge in [-0.1, -0.05) is 18.2 Å². The average molecular weight is 369 g/mol. The van der Waals surface area contributed by atoms with Crippen molar-refractivity contribution in [2.24, 2.45) is 4.99 Å². The first-order chi connectivity index (χ1) is 13.2. The third kappa shape index (κ3) is 3.79. The molecule has 6 heteroatoms. The van der Waals surface area contributed by atoms with E-state index in [1.807, 2.05) is 12.1 Å². The standard InChI is InChI=1S/C21H27N3O3/c1-5-22-21(24-13-12-15-8-6-7-9-17(15)24)23-14-16-10-11-18(25-2)20(27-4)19(16)26-3/h6-11H,5,12-14H2,1-4H3,(H,22,23). The molecule has 0 unspecified atom stereocenters. The predicted octanol–water partition coefficient (Wildman–Crippen LogP) is 3.24. The van der Waals surface area contributed by atoms with Crippen LogP contribution in [0, 0.1) is 0 Å². The van der Waals surface area contributed by atoms with Crippen LogP contribution in [-0.4, -0.2) is 40.4 Å². The summed E-state index contributed by atoms with van der Waals surface area (Å²) in [6, 6.07) is 12.3. The second-order valence-electron chi connectivity index (χ2n) is 6.19. The summed E-state index contributed by atoms with van der Waals surface area (Å²) in [6.45, 7) is 4.29. The Labute approximate surface area is 160 Å². The SMILES string of the molecule is CCNC(=NCc1ccc(OC)c(OC)c1OC)N1CCc2ccccc21. The summed E-state index contributed by atoms with van der Waals surface area (Å²) in [5.74, 6) is 2.75. The van der Waals surface area contributed by atoms with Crippen molar-refractivity contribution in [3.8, 4) is 17.2 Å². The minimum Gasteiger partial charge on any atom is -0.493 e. The fourth-order valence-corrected chi connectivity index (χ4v) is 3.40. The van der Waals surface area contributed by atoms with E-state index >= 15 is 0 Å². The minimum atomic E-state index is 0.477. The zero-order valence-corrected chi connectivity index (χ0v) is 16.4. The first-order valence-corrected chi connectivity index (χ1v) is 9.15. The molecular formula is C21H27N3O3. The van der Waals surface area contributed by atoms with Crippen LogP contribution in [0.25, 0.3) is 0 Å². The number of hydrogen-bond donors (Lipinski definition) is 1. The van der Waals surface area contributed by atoms with Crippen LogP contribution in [0.4, 0.5) is 5.69 Å². The van der Waals surface area contributed by atoms with Crippen LogP contribution in [-0.2, 0) is 13.0 Å². The van der Waals surface area contributed by atoms with Gasteiger partial charge in [-0.3, -0.25) is 0 Å². The highest BCUT2D eigenvalue weighted by Crippen LogP contribution is 2.40. The van der Waals surface area contributed by atoms with Gasteiger partial charge < -0.3 is 24.4 Å². The number of nitrogens with zero attached hydrogens (tertiary/aromatic N) is 2. The number of fused-ring (bicyclic) bond motifs is 1. The number of rotatable bonds is 6. The molecule has 3 rings (SSSR count). The van der Waals surface area contributed by atoms with E-state index in [0.717, 1.165) is 31.0 Å². The quantitative estimate of drug-likeness (QED) is 0.626. The topological polar surface area (TPSA) is 55.3 Å². The number of para-hydroxylation sites is 1. The lowest BCUT2D eigenvalue weighted by Gasteiger charge is -2.22. The third-order valence-corrected chi connectivity index (χ3v) is 4.66. The molecule has 0 atom stereocenters. The molecule has 0 radical (unpaired) electrons. The van der Waals surface area contributed by atoms with Gasteiger partial charge >= 0.3 is 0 Å². The second-order valence-corrected chi connectivity index (χ2v) is 6.19. The lowest BCUT2D eigenvalue weighted by Crippen LogP contribution is -2.40. The first kappa shape index (κ1) is 18.9. The van der Waals surface area contributed by atoms with Gasteiger partial charge in [0.25, 0.3) is 0 Å². The molecule has 2 aromatic carbocycles. The number of aliphatic imine (C=N–C) groups is 1. The summed E-state index contributed by atoms with van der Waals surface area (Å²) in [4.78, 5) is 7.10. The van der Waals surface area contributed by atoms with Gasteiger partial charge in [0.2, 0.25) is 5.75 Å². The fourth-order valence-electron chi connectivity index (χ4n) is 3.40. The highest BCUT2D eigenvalue weighted by Gasteiger charge is 2.23. The molecule has 1 N–H and O–H groups in total. The van der Waals surface area contributed by atoms with E-state index in [1.54, 1.807) is 21.3 Å². The number of guanidine groups is 1. The van der Waals surface area contributed by atoms with E-state index in [1.165, 1.54) is 11.3 Å². The van der Waals surface area contributed by atoms with Gasteiger partial charge in [0.15, 0.2) is 17.5 Å². The summed E-state index contributed by atoms with van der Waals surface area (Å²) < 4.78 is 16.4. The number of methoxy groups -OCH3 is 3. The fraction of sp³-hybridized carbons (Fsp3) is 0.381. The molecular weight excluding hydrogens is 342 g/mol. The van der Waals surface area contributed by atoms with Gasteiger partial charge in [0.1, 0.15) is 0 Å². The first-order valence-electron chi connectivity index (χ1n) is 9.15. The number of benzene rings is 2. The Kier molecular flexibility index (Phi) is 6.06. The van der Waals surface area contributed by atoms with Crippen LogP contribution in [0.1, 0.15) is 18.1 Å². The van der Waals surface area contributed by atoms with Crippen LogP contribution in [0.2, 0.25) is 0 Å². The van der Waals surface area contributed by atoms with E-state index in [0.29, 0.717) is 23.8 Å². The maximum atomic E-state index is 5.58. The van der Waals surface area contributed by atoms with E-state index in [4.69, 9.17) is 19.2 Å². The molecule has 1 heterocycles. The molecule has 0 saturated heterocycles. The molecule has 27 heavy (non-hydrogen) atoms. The van der Waals surface area contributed by atoms with Crippen molar-refractivity contribution in [2.45, 2.75) is 19.9 Å². The second kappa shape index (κ2) is 8.66. The summed E-state index contributed by atoms with van der Waals surface area (Å²) in [5.41, 5.74) is 3.52. The zero-order valence-electron chi connectivity index (χ0n) is 16.4. The van der Waals surface area contributed by atoms with Crippen molar-refractivity contribution in [3.05, 3.63) is 47.5 Å². The van der Waals surface area contributed by atoms with E-state index in [-0.39, 0.29) is 0 Å². The summed E-state index contributed by atoms with van der Waals surface area (Å²) in [7, 11) is 4.86. The Morgan fingerprint density at radius 1 is 1.04 bits per heavy atom. The molecule has 1 aliphatic rings. The van der Waals surface area contributed by atoms with Crippen molar-refractivity contribution < 1.29 is 14.2 Å². The van der Waals surface area contributed by atoms with Gasteiger partial charge in [0.05, 0.1) is 27.9 Å². The monoisotopic (exact) mass is 369 g/mol. The molecule has 0 fully saturated rings. The number of ether oxygens (including phenoxy) is 3. The molecule has 1 aliphatic heterocycles. The molecule has 0 amide bonds. The summed E-state index contributed by atoms with van der Waals surface area (Å²) in [5, 5.41) is 3.40. The highest BCUT2D eigenvalue weighted by atomic mass is 16.5. The predicted molar refractivity (Wildman–Crippen MR) is 108 cm³/mol. The Morgan fingerprint density at radius 3 is 2.52 bits per heavy atom. The molecule has 0 aliphatic carbocycles. The number of anilines is 1. The Morgan fingerprint density at radius 2 is 1.81 bits per heavy atom. The molecule has 0 bridgehead atoms. The average Bonchev–Trinajstić information content (AvgIpc) is 3.14. The third-order valence-electron chi connectivity index (χ3n) is 4.66. The molecule has 144 valence electrons. The van der Waals surface area contributed by atoms with Gasteiger partial charge in [-0.2, -0.15) is 0 Å². The van der Waals surface area contributed by atoms with E-state index < -0.39 is 0 Å². The van der Waals surface area contributed by atoms with Crippen molar-refractivity contribution in [3.63, 3.8) is 0 Å². The van der Waals surface area contributed by atoms with Gasteiger partial charge in [-0.25, -0.2) is 4.99 Å². The van der Waals surface area contributed by atoms with E-state index in [2.05, 4.69) is 41.4 Å². The normalized spacial score (nSPS) is 13.3. The number of nitrogens with one attached hydrogen (secondary N) is 1. The van der Waals surface area contributed by atoms with Gasteiger partial charge in [0, 0.05) is 24.3 Å². The maximum absolute atomic E-state index is 5.58. The van der Waals surface area contributed by atoms with Crippen molar-refractivity contribution in [1.29, 1.82) is 0 Å². The Balaban J connectivity index is 1.91. The highest BCUT2D eigenvalue weighted by molar-refractivity contribution is 5.98. The Bertz CT molecular complexity index is 820. The molecule has 0 spiro atoms. The summed E-state index contributed by atoms with van der Waals surface area (Å²) in [6.07, 6.45) is 1.03. The van der Waals surface area contributed by atoms with Crippen LogP contribution < -0.4 is 24.4 Å². The molecule has 2 aromatic rings. The van der Waals surface area contributed by atoms with Crippen LogP contribution in [0.15, 0.2) is 41.4 Å². The van der Waals surface area contributed by atoms with Gasteiger partial charge in [-0.05, 0) is 37.1 Å². The van der Waals surface area contributed by atoms with Crippen molar-refractivity contribution in [1.82, 2.24) is 5.32 Å². The van der Waals surface area contributed by atoms with Gasteiger partial charge in [-0.15, -0.1) is 0 Å². The van der Waals surface area contributed by atoms with Crippen molar-refractivity contribution in [2.75, 3.05) is 39.3 Å². The number of hydrogen-bond acceptors (Lipinski definition) is 4. The molecule has 0 saturated carbocycles.